The molecule has 0 aliphatic heterocycles. The molecule has 12 aromatic rings. The zero-order valence-corrected chi connectivity index (χ0v) is 35.0. The van der Waals surface area contributed by atoms with E-state index >= 15 is 0 Å². The Morgan fingerprint density at radius 3 is 1.25 bits per heavy atom. The minimum Gasteiger partial charge on any atom is -0.309 e. The van der Waals surface area contributed by atoms with Crippen LogP contribution in [0.4, 0.5) is 0 Å². The highest BCUT2D eigenvalue weighted by Crippen LogP contribution is 2.73. The second kappa shape index (κ2) is 15.1. The highest BCUT2D eigenvalue weighted by atomic mass is 32.3. The number of benzene rings is 9. The molecule has 0 fully saturated rings. The zero-order chi connectivity index (χ0) is 41.7. The van der Waals surface area contributed by atoms with Crippen LogP contribution in [0, 0.1) is 0 Å². The normalized spacial score (nSPS) is 12.1. The molecule has 0 aliphatic rings. The number of para-hydroxylation sites is 3. The Hall–Kier alpha value is -8.06. The van der Waals surface area contributed by atoms with Crippen LogP contribution < -0.4 is 0 Å². The first-order valence-corrected chi connectivity index (χ1v) is 22.8. The molecule has 0 N–H and O–H groups in total. The summed E-state index contributed by atoms with van der Waals surface area (Å²) in [5, 5.41) is 4.72. The maximum absolute atomic E-state index is 5.41. The molecule has 3 aromatic heterocycles. The monoisotopic (exact) mass is 825 g/mol. The standard InChI is InChI=1S/C57H39N5S/c1-5-20-40(21-6-1)55-58-56(41-22-19-29-46(38-41)63(43-23-7-2-8-24-43,44-25-9-3-10-26-44)45-27-11-4-12-28-45)60-57(59-55)62-53-35-18-15-32-49(53)50-39-42(36-37-54(50)62)61-51-33-16-13-30-47(51)48-31-14-17-34-52(48)61/h1-39H. The fourth-order valence-corrected chi connectivity index (χ4v) is 13.3. The summed E-state index contributed by atoms with van der Waals surface area (Å²) in [4.78, 5) is 20.9. The first-order chi connectivity index (χ1) is 31.3. The fourth-order valence-electron chi connectivity index (χ4n) is 9.34. The number of rotatable bonds is 8. The smallest absolute Gasteiger partial charge is 0.238 e. The van der Waals surface area contributed by atoms with E-state index in [9.17, 15) is 0 Å². The Morgan fingerprint density at radius 1 is 0.286 bits per heavy atom. The molecule has 3 heterocycles. The molecular formula is C57H39N5S. The Balaban J connectivity index is 1.09. The fraction of sp³-hybridized carbons (Fsp3) is 0. The zero-order valence-electron chi connectivity index (χ0n) is 34.2. The predicted octanol–water partition coefficient (Wildman–Crippen LogP) is 14.7. The third kappa shape index (κ3) is 5.98. The number of aromatic nitrogens is 5. The average molecular weight is 826 g/mol. The van der Waals surface area contributed by atoms with Gasteiger partial charge in [-0.15, -0.1) is 10.0 Å². The van der Waals surface area contributed by atoms with Gasteiger partial charge in [0.15, 0.2) is 11.6 Å². The van der Waals surface area contributed by atoms with Gasteiger partial charge in [0.1, 0.15) is 0 Å². The highest BCUT2D eigenvalue weighted by molar-refractivity contribution is 8.34. The average Bonchev–Trinajstić information content (AvgIpc) is 3.88. The van der Waals surface area contributed by atoms with Crippen molar-refractivity contribution in [1.82, 2.24) is 24.1 Å². The van der Waals surface area contributed by atoms with Crippen molar-refractivity contribution < 1.29 is 0 Å². The molecule has 298 valence electrons. The van der Waals surface area contributed by atoms with Crippen molar-refractivity contribution in [1.29, 1.82) is 0 Å². The molecule has 12 rings (SSSR count). The summed E-state index contributed by atoms with van der Waals surface area (Å²) in [6.45, 7) is 0. The van der Waals surface area contributed by atoms with Crippen molar-refractivity contribution in [2.45, 2.75) is 19.6 Å². The molecule has 6 heteroatoms. The summed E-state index contributed by atoms with van der Waals surface area (Å²) in [5.74, 6) is 1.78. The van der Waals surface area contributed by atoms with Gasteiger partial charge < -0.3 is 4.57 Å². The van der Waals surface area contributed by atoms with Crippen molar-refractivity contribution in [3.05, 3.63) is 237 Å². The molecule has 0 aliphatic carbocycles. The lowest BCUT2D eigenvalue weighted by atomic mass is 10.1. The van der Waals surface area contributed by atoms with Gasteiger partial charge in [-0.25, -0.2) is 4.98 Å². The Morgan fingerprint density at radius 2 is 0.698 bits per heavy atom. The first-order valence-electron chi connectivity index (χ1n) is 21.2. The molecule has 0 atom stereocenters. The van der Waals surface area contributed by atoms with E-state index in [1.807, 2.05) is 18.2 Å². The number of hydrogen-bond donors (Lipinski definition) is 0. The lowest BCUT2D eigenvalue weighted by Crippen LogP contribution is -2.07. The van der Waals surface area contributed by atoms with Gasteiger partial charge in [0, 0.05) is 57.9 Å². The van der Waals surface area contributed by atoms with Crippen molar-refractivity contribution in [3.63, 3.8) is 0 Å². The van der Waals surface area contributed by atoms with Gasteiger partial charge in [-0.2, -0.15) is 9.97 Å². The molecule has 63 heavy (non-hydrogen) atoms. The maximum Gasteiger partial charge on any atom is 0.238 e. The van der Waals surface area contributed by atoms with E-state index in [0.29, 0.717) is 17.6 Å². The van der Waals surface area contributed by atoms with E-state index in [4.69, 9.17) is 15.0 Å². The summed E-state index contributed by atoms with van der Waals surface area (Å²) in [7, 11) is -1.94. The molecule has 0 bridgehead atoms. The van der Waals surface area contributed by atoms with Crippen LogP contribution in [-0.4, -0.2) is 24.1 Å². The molecule has 0 saturated carbocycles. The van der Waals surface area contributed by atoms with Crippen molar-refractivity contribution in [2.75, 3.05) is 0 Å². The van der Waals surface area contributed by atoms with Gasteiger partial charge in [0.05, 0.1) is 22.1 Å². The lowest BCUT2D eigenvalue weighted by Gasteiger charge is -2.42. The third-order valence-corrected chi connectivity index (χ3v) is 16.0. The largest absolute Gasteiger partial charge is 0.309 e. The predicted molar refractivity (Wildman–Crippen MR) is 259 cm³/mol. The third-order valence-electron chi connectivity index (χ3n) is 12.1. The molecule has 0 spiro atoms. The minimum atomic E-state index is -1.94. The molecule has 0 radical (unpaired) electrons. The van der Waals surface area contributed by atoms with Gasteiger partial charge >= 0.3 is 0 Å². The van der Waals surface area contributed by atoms with Crippen LogP contribution in [-0.2, 0) is 0 Å². The van der Waals surface area contributed by atoms with Gasteiger partial charge in [-0.05, 0) is 84.9 Å². The second-order valence-electron chi connectivity index (χ2n) is 15.7. The number of nitrogens with zero attached hydrogens (tertiary/aromatic N) is 5. The van der Waals surface area contributed by atoms with E-state index in [-0.39, 0.29) is 0 Å². The Bertz CT molecular complexity index is 3470. The summed E-state index contributed by atoms with van der Waals surface area (Å²) in [5.41, 5.74) is 7.34. The van der Waals surface area contributed by atoms with E-state index in [1.165, 1.54) is 41.4 Å². The molecular weight excluding hydrogens is 787 g/mol. The molecule has 9 aromatic carbocycles. The van der Waals surface area contributed by atoms with Crippen LogP contribution in [0.1, 0.15) is 0 Å². The van der Waals surface area contributed by atoms with Crippen molar-refractivity contribution >= 4 is 53.6 Å². The van der Waals surface area contributed by atoms with Crippen LogP contribution in [0.3, 0.4) is 0 Å². The Kier molecular flexibility index (Phi) is 8.83. The van der Waals surface area contributed by atoms with Gasteiger partial charge in [-0.1, -0.05) is 152 Å². The minimum absolute atomic E-state index is 0.563. The quantitative estimate of drug-likeness (QED) is 0.153. The van der Waals surface area contributed by atoms with E-state index in [2.05, 4.69) is 228 Å². The van der Waals surface area contributed by atoms with Crippen LogP contribution >= 0.6 is 10.0 Å². The number of fused-ring (bicyclic) bond motifs is 6. The number of hydrogen-bond acceptors (Lipinski definition) is 3. The topological polar surface area (TPSA) is 48.5 Å². The van der Waals surface area contributed by atoms with E-state index in [1.54, 1.807) is 0 Å². The molecule has 5 nitrogen and oxygen atoms in total. The van der Waals surface area contributed by atoms with Gasteiger partial charge in [-0.3, -0.25) is 4.57 Å². The summed E-state index contributed by atoms with van der Waals surface area (Å²) in [6.07, 6.45) is 0. The summed E-state index contributed by atoms with van der Waals surface area (Å²) < 4.78 is 4.58. The van der Waals surface area contributed by atoms with Crippen LogP contribution in [0.15, 0.2) is 256 Å². The lowest BCUT2D eigenvalue weighted by molar-refractivity contribution is 0.952. The molecule has 0 saturated heterocycles. The van der Waals surface area contributed by atoms with Crippen molar-refractivity contribution in [2.24, 2.45) is 0 Å². The van der Waals surface area contributed by atoms with Crippen LogP contribution in [0.2, 0.25) is 0 Å². The first kappa shape index (κ1) is 36.8. The molecule has 0 unspecified atom stereocenters. The SMILES string of the molecule is c1ccc(-c2nc(-c3cccc(S(c4ccccc4)(c4ccccc4)c4ccccc4)c3)nc(-n3c4ccccc4c4cc(-n5c6ccccc6c6ccccc65)ccc43)n2)cc1. The maximum atomic E-state index is 5.41. The summed E-state index contributed by atoms with van der Waals surface area (Å²) in [6, 6.07) is 84.5. The van der Waals surface area contributed by atoms with E-state index in [0.717, 1.165) is 38.6 Å². The van der Waals surface area contributed by atoms with Gasteiger partial charge in [0.25, 0.3) is 0 Å². The van der Waals surface area contributed by atoms with Crippen molar-refractivity contribution in [3.8, 4) is 34.4 Å². The Labute approximate surface area is 366 Å². The second-order valence-corrected chi connectivity index (χ2v) is 18.8. The molecule has 0 amide bonds. The van der Waals surface area contributed by atoms with Crippen LogP contribution in [0.5, 0.6) is 0 Å². The van der Waals surface area contributed by atoms with E-state index < -0.39 is 10.0 Å². The highest BCUT2D eigenvalue weighted by Gasteiger charge is 2.33. The van der Waals surface area contributed by atoms with Gasteiger partial charge in [0.2, 0.25) is 5.95 Å². The van der Waals surface area contributed by atoms with Crippen LogP contribution in [0.25, 0.3) is 78.0 Å². The summed E-state index contributed by atoms with van der Waals surface area (Å²) >= 11 is 0.